The van der Waals surface area contributed by atoms with Crippen LogP contribution in [0.4, 0.5) is 4.39 Å². The van der Waals surface area contributed by atoms with Gasteiger partial charge in [0, 0.05) is 31.7 Å². The third kappa shape index (κ3) is 3.64. The zero-order chi connectivity index (χ0) is 23.8. The maximum absolute atomic E-state index is 13.7. The highest BCUT2D eigenvalue weighted by atomic mass is 19.1. The molecule has 0 unspecified atom stereocenters. The number of aliphatic hydroxyl groups is 1. The summed E-state index contributed by atoms with van der Waals surface area (Å²) in [4.78, 5) is 36.2. The number of likely N-dealkylation sites (tertiary alicyclic amines) is 1. The van der Waals surface area contributed by atoms with Gasteiger partial charge in [0.05, 0.1) is 23.6 Å². The van der Waals surface area contributed by atoms with Crippen LogP contribution in [0.3, 0.4) is 0 Å². The first-order valence-corrected chi connectivity index (χ1v) is 10.9. The van der Waals surface area contributed by atoms with Gasteiger partial charge in [0.15, 0.2) is 5.76 Å². The fourth-order valence-corrected chi connectivity index (χ4v) is 4.47. The lowest BCUT2D eigenvalue weighted by Crippen LogP contribution is -2.31. The Labute approximate surface area is 194 Å². The molecule has 1 atom stereocenters. The summed E-state index contributed by atoms with van der Waals surface area (Å²) in [5, 5.41) is 11.4. The van der Waals surface area contributed by atoms with Gasteiger partial charge in [-0.05, 0) is 43.2 Å². The molecule has 172 valence electrons. The van der Waals surface area contributed by atoms with Crippen molar-refractivity contribution in [1.82, 2.24) is 23.8 Å². The Kier molecular flexibility index (Phi) is 5.45. The molecule has 5 rings (SSSR count). The Morgan fingerprint density at radius 1 is 1.09 bits per heavy atom. The van der Waals surface area contributed by atoms with Crippen LogP contribution < -0.4 is 0 Å². The van der Waals surface area contributed by atoms with Crippen molar-refractivity contribution in [2.24, 2.45) is 0 Å². The summed E-state index contributed by atoms with van der Waals surface area (Å²) >= 11 is 0. The van der Waals surface area contributed by atoms with Gasteiger partial charge in [-0.2, -0.15) is 0 Å². The summed E-state index contributed by atoms with van der Waals surface area (Å²) in [6.45, 7) is 2.61. The lowest BCUT2D eigenvalue weighted by atomic mass is 9.96. The fourth-order valence-electron chi connectivity index (χ4n) is 4.47. The number of carbonyl (C=O) groups is 2. The first kappa shape index (κ1) is 21.6. The van der Waals surface area contributed by atoms with Gasteiger partial charge >= 0.3 is 0 Å². The number of carbonyl (C=O) groups excluding carboxylic acids is 2. The Balaban J connectivity index is 1.60. The van der Waals surface area contributed by atoms with Crippen molar-refractivity contribution in [3.8, 4) is 0 Å². The topological polar surface area (TPSA) is 92.7 Å². The van der Waals surface area contributed by atoms with E-state index in [9.17, 15) is 19.1 Å². The van der Waals surface area contributed by atoms with Gasteiger partial charge in [-0.1, -0.05) is 18.2 Å². The Hall–Kier alpha value is -4.27. The van der Waals surface area contributed by atoms with Crippen LogP contribution >= 0.6 is 0 Å². The highest BCUT2D eigenvalue weighted by Crippen LogP contribution is 2.40. The molecule has 3 aromatic heterocycles. The number of aryl methyl sites for hydroxylation is 2. The van der Waals surface area contributed by atoms with Gasteiger partial charge in [0.2, 0.25) is 0 Å². The largest absolute Gasteiger partial charge is 0.505 e. The Morgan fingerprint density at radius 2 is 1.88 bits per heavy atom. The van der Waals surface area contributed by atoms with Crippen LogP contribution in [0.5, 0.6) is 0 Å². The highest BCUT2D eigenvalue weighted by Gasteiger charge is 2.46. The van der Waals surface area contributed by atoms with Crippen molar-refractivity contribution in [3.63, 3.8) is 0 Å². The zero-order valence-corrected chi connectivity index (χ0v) is 18.4. The van der Waals surface area contributed by atoms with Gasteiger partial charge in [-0.3, -0.25) is 14.0 Å². The predicted octanol–water partition coefficient (Wildman–Crippen LogP) is 3.49. The number of imidazole rings is 2. The molecule has 1 fully saturated rings. The van der Waals surface area contributed by atoms with Crippen LogP contribution in [-0.2, 0) is 16.1 Å². The smallest absolute Gasteiger partial charge is 0.295 e. The molecule has 0 radical (unpaired) electrons. The third-order valence-electron chi connectivity index (χ3n) is 6.03. The zero-order valence-electron chi connectivity index (χ0n) is 18.4. The first-order chi connectivity index (χ1) is 16.5. The van der Waals surface area contributed by atoms with E-state index in [-0.39, 0.29) is 17.9 Å². The van der Waals surface area contributed by atoms with Crippen LogP contribution in [0, 0.1) is 12.7 Å². The SMILES string of the molecule is Cc1nc2ccccn2c1C(O)=C1C(=O)C(=O)N(CCCn2ccnc2)[C@@H]1c1ccc(F)cc1. The van der Waals surface area contributed by atoms with Crippen molar-refractivity contribution < 1.29 is 19.1 Å². The van der Waals surface area contributed by atoms with E-state index in [4.69, 9.17) is 0 Å². The molecule has 8 nitrogen and oxygen atoms in total. The van der Waals surface area contributed by atoms with Gasteiger partial charge < -0.3 is 14.6 Å². The second kappa shape index (κ2) is 8.58. The van der Waals surface area contributed by atoms with Gasteiger partial charge in [0.25, 0.3) is 11.7 Å². The normalized spacial score (nSPS) is 17.7. The molecule has 1 N–H and O–H groups in total. The number of halogens is 1. The van der Waals surface area contributed by atoms with E-state index >= 15 is 0 Å². The molecule has 1 aliphatic heterocycles. The predicted molar refractivity (Wildman–Crippen MR) is 122 cm³/mol. The van der Waals surface area contributed by atoms with Crippen LogP contribution in [0.25, 0.3) is 11.4 Å². The molecule has 34 heavy (non-hydrogen) atoms. The minimum absolute atomic E-state index is 0.0343. The molecule has 0 bridgehead atoms. The maximum atomic E-state index is 13.7. The summed E-state index contributed by atoms with van der Waals surface area (Å²) in [6.07, 6.45) is 7.47. The number of rotatable bonds is 6. The number of aliphatic hydroxyl groups excluding tert-OH is 1. The molecule has 0 spiro atoms. The average molecular weight is 459 g/mol. The number of nitrogens with zero attached hydrogens (tertiary/aromatic N) is 5. The van der Waals surface area contributed by atoms with Gasteiger partial charge in [0.1, 0.15) is 17.2 Å². The number of fused-ring (bicyclic) bond motifs is 1. The summed E-state index contributed by atoms with van der Waals surface area (Å²) in [6, 6.07) is 10.2. The van der Waals surface area contributed by atoms with Crippen molar-refractivity contribution in [3.05, 3.63) is 95.7 Å². The second-order valence-corrected chi connectivity index (χ2v) is 8.17. The van der Waals surface area contributed by atoms with Crippen molar-refractivity contribution in [2.75, 3.05) is 6.54 Å². The molecule has 0 saturated carbocycles. The quantitative estimate of drug-likeness (QED) is 0.271. The summed E-state index contributed by atoms with van der Waals surface area (Å²) in [7, 11) is 0. The van der Waals surface area contributed by atoms with E-state index in [0.29, 0.717) is 35.6 Å². The Morgan fingerprint density at radius 3 is 2.62 bits per heavy atom. The summed E-state index contributed by atoms with van der Waals surface area (Å²) in [5.74, 6) is -2.22. The maximum Gasteiger partial charge on any atom is 0.295 e. The molecule has 4 heterocycles. The number of pyridine rings is 1. The molecular formula is C25H22FN5O3. The van der Waals surface area contributed by atoms with Crippen LogP contribution in [0.1, 0.15) is 29.4 Å². The van der Waals surface area contributed by atoms with E-state index in [2.05, 4.69) is 9.97 Å². The molecule has 0 aliphatic carbocycles. The number of Topliss-reactive ketones (excluding diaryl/α,β-unsaturated/α-hetero) is 1. The molecular weight excluding hydrogens is 437 g/mol. The second-order valence-electron chi connectivity index (χ2n) is 8.17. The third-order valence-corrected chi connectivity index (χ3v) is 6.03. The van der Waals surface area contributed by atoms with Crippen LogP contribution in [0.15, 0.2) is 73.0 Å². The lowest BCUT2D eigenvalue weighted by Gasteiger charge is -2.25. The molecule has 1 saturated heterocycles. The van der Waals surface area contributed by atoms with E-state index in [1.807, 2.05) is 16.8 Å². The lowest BCUT2D eigenvalue weighted by molar-refractivity contribution is -0.139. The van der Waals surface area contributed by atoms with Crippen molar-refractivity contribution >= 4 is 23.1 Å². The molecule has 4 aromatic rings. The number of hydrogen-bond acceptors (Lipinski definition) is 5. The van der Waals surface area contributed by atoms with Gasteiger partial charge in [-0.25, -0.2) is 14.4 Å². The molecule has 1 amide bonds. The molecule has 9 heteroatoms. The highest BCUT2D eigenvalue weighted by molar-refractivity contribution is 6.46. The van der Waals surface area contributed by atoms with E-state index in [0.717, 1.165) is 0 Å². The average Bonchev–Trinajstić information content (AvgIpc) is 3.52. The standard InChI is InChI=1S/C25H22FN5O3/c1-16-21(30-12-3-2-5-19(30)28-16)23(32)20-22(17-6-8-18(26)9-7-17)31(25(34)24(20)33)13-4-11-29-14-10-27-15-29/h2-3,5-10,12,14-15,22,32H,4,11,13H2,1H3/t22-/m1/s1. The van der Waals surface area contributed by atoms with Crippen molar-refractivity contribution in [2.45, 2.75) is 25.9 Å². The van der Waals surface area contributed by atoms with Crippen molar-refractivity contribution in [1.29, 1.82) is 0 Å². The molecule has 1 aromatic carbocycles. The number of ketones is 1. The van der Waals surface area contributed by atoms with E-state index in [1.54, 1.807) is 42.2 Å². The number of amides is 1. The first-order valence-electron chi connectivity index (χ1n) is 10.9. The van der Waals surface area contributed by atoms with E-state index < -0.39 is 23.5 Å². The fraction of sp³-hybridized carbons (Fsp3) is 0.200. The molecule has 1 aliphatic rings. The summed E-state index contributed by atoms with van der Waals surface area (Å²) < 4.78 is 17.2. The summed E-state index contributed by atoms with van der Waals surface area (Å²) in [5.41, 5.74) is 1.98. The minimum atomic E-state index is -0.850. The number of benzene rings is 1. The Bertz CT molecular complexity index is 1410. The number of hydrogen-bond donors (Lipinski definition) is 1. The van der Waals surface area contributed by atoms with Crippen LogP contribution in [-0.4, -0.2) is 47.2 Å². The van der Waals surface area contributed by atoms with Gasteiger partial charge in [-0.15, -0.1) is 0 Å². The van der Waals surface area contributed by atoms with Crippen LogP contribution in [0.2, 0.25) is 0 Å². The van der Waals surface area contributed by atoms with E-state index in [1.165, 1.54) is 29.2 Å². The number of aromatic nitrogens is 4. The minimum Gasteiger partial charge on any atom is -0.505 e. The monoisotopic (exact) mass is 459 g/mol.